The maximum Gasteiger partial charge on any atom is 0.530 e. The van der Waals surface area contributed by atoms with Crippen LogP contribution in [0.3, 0.4) is 0 Å². The molecule has 39 heavy (non-hydrogen) atoms. The van der Waals surface area contributed by atoms with E-state index in [1.807, 2.05) is 0 Å². The number of para-hydroxylation sites is 1. The fourth-order valence-corrected chi connectivity index (χ4v) is 5.27. The molecule has 0 bridgehead atoms. The SMILES string of the molecule is CC#CC1(Cl)C(O)[C@@H](CO[P@](=O)(Oc2ccccc2)O[C@@H](C)C(=O)OC(C)C)OC1n1cc(F)c(=O)[nH]c1=O. The molecule has 2 aromatic rings. The van der Waals surface area contributed by atoms with Crippen LogP contribution in [0.5, 0.6) is 5.75 Å². The van der Waals surface area contributed by atoms with Gasteiger partial charge in [0.2, 0.25) is 5.82 Å². The number of ether oxygens (including phenoxy) is 2. The lowest BCUT2D eigenvalue weighted by Gasteiger charge is -2.25. The topological polar surface area (TPSA) is 155 Å². The molecule has 2 heterocycles. The number of aromatic amines is 1. The number of aromatic nitrogens is 2. The first-order chi connectivity index (χ1) is 18.3. The van der Waals surface area contributed by atoms with E-state index in [2.05, 4.69) is 11.8 Å². The van der Waals surface area contributed by atoms with E-state index in [4.69, 9.17) is 34.6 Å². The van der Waals surface area contributed by atoms with Crippen LogP contribution in [0.25, 0.3) is 0 Å². The smallest absolute Gasteiger partial charge is 0.461 e. The number of phosphoric ester groups is 1. The Morgan fingerprint density at radius 3 is 2.59 bits per heavy atom. The van der Waals surface area contributed by atoms with Crippen molar-refractivity contribution in [3.8, 4) is 17.6 Å². The highest BCUT2D eigenvalue weighted by atomic mass is 35.5. The molecule has 0 aliphatic carbocycles. The number of alkyl halides is 1. The number of aliphatic hydroxyl groups is 1. The summed E-state index contributed by atoms with van der Waals surface area (Å²) in [7, 11) is -4.59. The molecule has 6 atom stereocenters. The monoisotopic (exact) mass is 588 g/mol. The summed E-state index contributed by atoms with van der Waals surface area (Å²) in [6.45, 7) is 5.22. The van der Waals surface area contributed by atoms with Crippen molar-refractivity contribution in [3.63, 3.8) is 0 Å². The van der Waals surface area contributed by atoms with Gasteiger partial charge in [0, 0.05) is 0 Å². The summed E-state index contributed by atoms with van der Waals surface area (Å²) >= 11 is 6.56. The summed E-state index contributed by atoms with van der Waals surface area (Å²) < 4.78 is 55.2. The van der Waals surface area contributed by atoms with Crippen LogP contribution in [0.15, 0.2) is 46.1 Å². The molecular weight excluding hydrogens is 562 g/mol. The lowest BCUT2D eigenvalue weighted by Crippen LogP contribution is -2.44. The van der Waals surface area contributed by atoms with Gasteiger partial charge in [-0.15, -0.1) is 5.92 Å². The van der Waals surface area contributed by atoms with Crippen LogP contribution in [-0.4, -0.2) is 56.5 Å². The Balaban J connectivity index is 1.89. The van der Waals surface area contributed by atoms with Crippen LogP contribution < -0.4 is 15.8 Å². The molecule has 0 saturated carbocycles. The minimum atomic E-state index is -4.59. The summed E-state index contributed by atoms with van der Waals surface area (Å²) in [5.74, 6) is 2.97. The van der Waals surface area contributed by atoms with Crippen molar-refractivity contribution in [2.24, 2.45) is 0 Å². The predicted octanol–water partition coefficient (Wildman–Crippen LogP) is 2.50. The molecule has 1 aromatic carbocycles. The van der Waals surface area contributed by atoms with Gasteiger partial charge in [-0.05, 0) is 39.8 Å². The Kier molecular flexibility index (Phi) is 9.77. The quantitative estimate of drug-likeness (QED) is 0.183. The summed E-state index contributed by atoms with van der Waals surface area (Å²) in [5.41, 5.74) is -2.35. The number of esters is 1. The van der Waals surface area contributed by atoms with Gasteiger partial charge in [-0.25, -0.2) is 14.2 Å². The van der Waals surface area contributed by atoms with E-state index < -0.39 is 73.0 Å². The van der Waals surface area contributed by atoms with Crippen molar-refractivity contribution in [2.75, 3.05) is 6.61 Å². The van der Waals surface area contributed by atoms with Gasteiger partial charge in [0.25, 0.3) is 5.56 Å². The molecule has 1 aliphatic rings. The molecule has 1 fully saturated rings. The molecule has 12 nitrogen and oxygen atoms in total. The van der Waals surface area contributed by atoms with Crippen LogP contribution >= 0.6 is 19.4 Å². The average molecular weight is 589 g/mol. The van der Waals surface area contributed by atoms with Crippen LogP contribution in [0.2, 0.25) is 0 Å². The minimum absolute atomic E-state index is 0.0785. The average Bonchev–Trinajstić information content (AvgIpc) is 3.10. The molecule has 2 N–H and O–H groups in total. The molecule has 1 aliphatic heterocycles. The summed E-state index contributed by atoms with van der Waals surface area (Å²) in [6, 6.07) is 7.80. The summed E-state index contributed by atoms with van der Waals surface area (Å²) in [5, 5.41) is 11.0. The minimum Gasteiger partial charge on any atom is -0.461 e. The van der Waals surface area contributed by atoms with Gasteiger partial charge in [-0.1, -0.05) is 35.7 Å². The molecule has 3 unspecified atom stereocenters. The van der Waals surface area contributed by atoms with Gasteiger partial charge >= 0.3 is 19.5 Å². The molecule has 1 aromatic heterocycles. The zero-order chi connectivity index (χ0) is 29.0. The fourth-order valence-electron chi connectivity index (χ4n) is 3.53. The van der Waals surface area contributed by atoms with Crippen LogP contribution in [0.1, 0.15) is 33.9 Å². The second kappa shape index (κ2) is 12.5. The molecule has 1 saturated heterocycles. The number of nitrogens with one attached hydrogen (secondary N) is 1. The first-order valence-corrected chi connectivity index (χ1v) is 13.5. The van der Waals surface area contributed by atoms with Crippen LogP contribution in [0, 0.1) is 17.7 Å². The molecule has 3 rings (SSSR count). The van der Waals surface area contributed by atoms with E-state index >= 15 is 0 Å². The first kappa shape index (κ1) is 30.6. The van der Waals surface area contributed by atoms with Gasteiger partial charge in [0.1, 0.15) is 18.0 Å². The maximum absolute atomic E-state index is 14.0. The number of carbonyl (C=O) groups is 1. The van der Waals surface area contributed by atoms with E-state index in [-0.39, 0.29) is 5.75 Å². The number of rotatable bonds is 10. The Morgan fingerprint density at radius 1 is 1.31 bits per heavy atom. The number of aliphatic hydroxyl groups excluding tert-OH is 1. The maximum atomic E-state index is 14.0. The molecular formula is C24H27ClFN2O10P. The summed E-state index contributed by atoms with van der Waals surface area (Å²) in [4.78, 5) is 35.9. The molecule has 0 spiro atoms. The lowest BCUT2D eigenvalue weighted by atomic mass is 9.99. The predicted molar refractivity (Wildman–Crippen MR) is 136 cm³/mol. The zero-order valence-electron chi connectivity index (χ0n) is 21.3. The van der Waals surface area contributed by atoms with Crippen LogP contribution in [0.4, 0.5) is 4.39 Å². The Labute approximate surface area is 227 Å². The van der Waals surface area contributed by atoms with E-state index in [9.17, 15) is 28.4 Å². The Hall–Kier alpha value is -2.98. The first-order valence-electron chi connectivity index (χ1n) is 11.6. The second-order valence-corrected chi connectivity index (χ2v) is 10.8. The van der Waals surface area contributed by atoms with Gasteiger partial charge in [-0.2, -0.15) is 4.39 Å². The number of carbonyl (C=O) groups excluding carboxylic acids is 1. The zero-order valence-corrected chi connectivity index (χ0v) is 23.0. The number of H-pyrrole nitrogens is 1. The standard InChI is InChI=1S/C24H27ClFN2O10P/c1-5-11-24(25)19(29)18(36-22(24)28-12-17(26)20(30)27-23(28)32)13-34-39(33,38-16-9-7-6-8-10-16)37-15(4)21(31)35-14(2)3/h6-10,12,14-15,18-19,22,29H,13H2,1-4H3,(H,27,30,32)/t15-,18+,19?,22?,24?,39-/m0/s1. The van der Waals surface area contributed by atoms with Crippen LogP contribution in [-0.2, 0) is 27.9 Å². The highest BCUT2D eigenvalue weighted by Crippen LogP contribution is 2.52. The number of hydrogen-bond acceptors (Lipinski definition) is 10. The largest absolute Gasteiger partial charge is 0.530 e. The van der Waals surface area contributed by atoms with Crippen molar-refractivity contribution in [2.45, 2.75) is 63.2 Å². The fraction of sp³-hybridized carbons (Fsp3) is 0.458. The van der Waals surface area contributed by atoms with E-state index in [0.29, 0.717) is 10.8 Å². The van der Waals surface area contributed by atoms with Crippen molar-refractivity contribution in [1.82, 2.24) is 9.55 Å². The third-order valence-corrected chi connectivity index (χ3v) is 7.25. The number of hydrogen-bond donors (Lipinski definition) is 2. The van der Waals surface area contributed by atoms with Crippen molar-refractivity contribution in [3.05, 3.63) is 63.2 Å². The lowest BCUT2D eigenvalue weighted by molar-refractivity contribution is -0.156. The van der Waals surface area contributed by atoms with E-state index in [1.54, 1.807) is 37.0 Å². The third kappa shape index (κ3) is 7.16. The highest BCUT2D eigenvalue weighted by Gasteiger charge is 2.56. The van der Waals surface area contributed by atoms with E-state index in [1.165, 1.54) is 26.0 Å². The third-order valence-electron chi connectivity index (χ3n) is 5.27. The van der Waals surface area contributed by atoms with E-state index in [0.717, 1.165) is 0 Å². The van der Waals surface area contributed by atoms with Crippen molar-refractivity contribution < 1.29 is 41.9 Å². The van der Waals surface area contributed by atoms with Crippen molar-refractivity contribution in [1.29, 1.82) is 0 Å². The van der Waals surface area contributed by atoms with Gasteiger partial charge in [-0.3, -0.25) is 23.4 Å². The molecule has 0 amide bonds. The summed E-state index contributed by atoms with van der Waals surface area (Å²) in [6.07, 6.45) is -6.01. The number of halogens is 2. The van der Waals surface area contributed by atoms with Gasteiger partial charge in [0.15, 0.2) is 17.2 Å². The normalized spacial score (nSPS) is 24.9. The Bertz CT molecular complexity index is 1410. The number of benzene rings is 1. The van der Waals surface area contributed by atoms with Gasteiger partial charge in [0.05, 0.1) is 18.9 Å². The number of phosphoric acid groups is 1. The second-order valence-electron chi connectivity index (χ2n) is 8.64. The molecule has 0 radical (unpaired) electrons. The molecule has 212 valence electrons. The van der Waals surface area contributed by atoms with Crippen molar-refractivity contribution >= 4 is 25.4 Å². The number of nitrogens with zero attached hydrogens (tertiary/aromatic N) is 1. The highest BCUT2D eigenvalue weighted by molar-refractivity contribution is 7.49. The Morgan fingerprint density at radius 2 is 1.97 bits per heavy atom. The molecule has 15 heteroatoms. The van der Waals surface area contributed by atoms with Gasteiger partial charge < -0.3 is 19.1 Å².